The lowest BCUT2D eigenvalue weighted by Gasteiger charge is -1.97. The average molecular weight is 253 g/mol. The second-order valence-electron chi connectivity index (χ2n) is 3.71. The zero-order valence-corrected chi connectivity index (χ0v) is 11.0. The number of aryl methyl sites for hydroxylation is 1. The monoisotopic (exact) mass is 253 g/mol. The molecule has 1 aromatic carbocycles. The maximum absolute atomic E-state index is 8.97. The van der Waals surface area contributed by atoms with E-state index in [0.29, 0.717) is 4.88 Å². The van der Waals surface area contributed by atoms with Gasteiger partial charge in [0.2, 0.25) is 0 Å². The Morgan fingerprint density at radius 1 is 1.17 bits per heavy atom. The summed E-state index contributed by atoms with van der Waals surface area (Å²) in [6, 6.07) is 9.71. The Hall–Kier alpha value is -2.23. The molecule has 1 aromatic heterocycles. The fourth-order valence-electron chi connectivity index (χ4n) is 1.49. The van der Waals surface area contributed by atoms with Crippen LogP contribution in [0.1, 0.15) is 21.6 Å². The quantitative estimate of drug-likeness (QED) is 0.730. The van der Waals surface area contributed by atoms with Gasteiger partial charge in [-0.2, -0.15) is 5.26 Å². The minimum absolute atomic E-state index is 0.675. The summed E-state index contributed by atoms with van der Waals surface area (Å²) in [5.74, 6) is 6.94. The van der Waals surface area contributed by atoms with Crippen molar-refractivity contribution in [3.63, 3.8) is 0 Å². The summed E-state index contributed by atoms with van der Waals surface area (Å²) in [5.41, 5.74) is 2.79. The van der Waals surface area contributed by atoms with Crippen molar-refractivity contribution in [3.8, 4) is 23.7 Å². The second-order valence-corrected chi connectivity index (χ2v) is 4.59. The van der Waals surface area contributed by atoms with Crippen LogP contribution in [0, 0.1) is 30.1 Å². The predicted octanol–water partition coefficient (Wildman–Crippen LogP) is 3.34. The molecule has 3 heteroatoms. The lowest BCUT2D eigenvalue weighted by Crippen LogP contribution is -1.82. The Morgan fingerprint density at radius 2 is 1.89 bits per heavy atom. The van der Waals surface area contributed by atoms with Crippen molar-refractivity contribution < 1.29 is 4.74 Å². The van der Waals surface area contributed by atoms with Crippen LogP contribution in [0.25, 0.3) is 0 Å². The van der Waals surface area contributed by atoms with Gasteiger partial charge < -0.3 is 4.74 Å². The van der Waals surface area contributed by atoms with Gasteiger partial charge in [-0.15, -0.1) is 11.3 Å². The second kappa shape index (κ2) is 5.40. The van der Waals surface area contributed by atoms with Crippen molar-refractivity contribution in [2.24, 2.45) is 0 Å². The van der Waals surface area contributed by atoms with Crippen LogP contribution in [0.5, 0.6) is 5.75 Å². The molecule has 0 saturated heterocycles. The zero-order valence-electron chi connectivity index (χ0n) is 10.2. The summed E-state index contributed by atoms with van der Waals surface area (Å²) in [6.07, 6.45) is 0. The fourth-order valence-corrected chi connectivity index (χ4v) is 2.29. The first-order valence-electron chi connectivity index (χ1n) is 5.39. The summed E-state index contributed by atoms with van der Waals surface area (Å²) in [6.45, 7) is 1.97. The molecular formula is C15H11NOS. The molecule has 18 heavy (non-hydrogen) atoms. The number of ether oxygens (including phenoxy) is 1. The summed E-state index contributed by atoms with van der Waals surface area (Å²) in [7, 11) is 1.63. The van der Waals surface area contributed by atoms with Gasteiger partial charge in [0.1, 0.15) is 16.7 Å². The molecule has 0 aliphatic carbocycles. The van der Waals surface area contributed by atoms with E-state index in [1.54, 1.807) is 7.11 Å². The topological polar surface area (TPSA) is 33.0 Å². The highest BCUT2D eigenvalue weighted by Gasteiger charge is 2.04. The first-order chi connectivity index (χ1) is 8.74. The van der Waals surface area contributed by atoms with Gasteiger partial charge in [-0.1, -0.05) is 11.8 Å². The number of nitriles is 1. The van der Waals surface area contributed by atoms with E-state index in [1.807, 2.05) is 36.6 Å². The lowest BCUT2D eigenvalue weighted by atomic mass is 10.1. The molecule has 0 aliphatic rings. The van der Waals surface area contributed by atoms with Gasteiger partial charge in [0.15, 0.2) is 0 Å². The molecule has 0 unspecified atom stereocenters. The number of benzene rings is 1. The molecule has 2 nitrogen and oxygen atoms in total. The average Bonchev–Trinajstić information content (AvgIpc) is 2.77. The van der Waals surface area contributed by atoms with Crippen LogP contribution in [0.15, 0.2) is 29.6 Å². The van der Waals surface area contributed by atoms with Crippen LogP contribution in [0.3, 0.4) is 0 Å². The van der Waals surface area contributed by atoms with E-state index in [9.17, 15) is 0 Å². The zero-order chi connectivity index (χ0) is 13.0. The Bertz CT molecular complexity index is 651. The highest BCUT2D eigenvalue weighted by atomic mass is 32.1. The van der Waals surface area contributed by atoms with E-state index in [0.717, 1.165) is 22.4 Å². The van der Waals surface area contributed by atoms with Crippen molar-refractivity contribution in [1.29, 1.82) is 5.26 Å². The van der Waals surface area contributed by atoms with E-state index in [4.69, 9.17) is 10.00 Å². The van der Waals surface area contributed by atoms with E-state index in [-0.39, 0.29) is 0 Å². The van der Waals surface area contributed by atoms with Crippen molar-refractivity contribution >= 4 is 11.3 Å². The van der Waals surface area contributed by atoms with Gasteiger partial charge in [0.05, 0.1) is 12.7 Å². The molecule has 0 fully saturated rings. The molecule has 0 bridgehead atoms. The molecule has 88 valence electrons. The summed E-state index contributed by atoms with van der Waals surface area (Å²) in [5, 5.41) is 10.9. The van der Waals surface area contributed by atoms with Gasteiger partial charge in [-0.3, -0.25) is 0 Å². The van der Waals surface area contributed by atoms with Gasteiger partial charge in [0.25, 0.3) is 0 Å². The molecule has 1 heterocycles. The van der Waals surface area contributed by atoms with Crippen LogP contribution >= 0.6 is 11.3 Å². The van der Waals surface area contributed by atoms with Gasteiger partial charge in [0, 0.05) is 5.56 Å². The van der Waals surface area contributed by atoms with E-state index >= 15 is 0 Å². The maximum atomic E-state index is 8.97. The third-order valence-electron chi connectivity index (χ3n) is 2.50. The third kappa shape index (κ3) is 2.53. The SMILES string of the molecule is COc1ccc(C#Cc2c(C)csc2C#N)cc1. The number of thiophene rings is 1. The molecule has 0 atom stereocenters. The Labute approximate surface area is 110 Å². The third-order valence-corrected chi connectivity index (χ3v) is 3.50. The molecule has 0 aliphatic heterocycles. The molecule has 0 N–H and O–H groups in total. The maximum Gasteiger partial charge on any atom is 0.120 e. The first kappa shape index (κ1) is 12.2. The Kier molecular flexibility index (Phi) is 3.67. The Morgan fingerprint density at radius 3 is 2.50 bits per heavy atom. The molecule has 2 rings (SSSR count). The first-order valence-corrected chi connectivity index (χ1v) is 6.27. The summed E-state index contributed by atoms with van der Waals surface area (Å²) in [4.78, 5) is 0.675. The molecular weight excluding hydrogens is 242 g/mol. The number of hydrogen-bond acceptors (Lipinski definition) is 3. The van der Waals surface area contributed by atoms with Crippen molar-refractivity contribution in [3.05, 3.63) is 51.2 Å². The number of rotatable bonds is 1. The Balaban J connectivity index is 2.31. The molecule has 0 amide bonds. The van der Waals surface area contributed by atoms with E-state index in [1.165, 1.54) is 11.3 Å². The predicted molar refractivity (Wildman–Crippen MR) is 72.7 cm³/mol. The minimum atomic E-state index is 0.675. The largest absolute Gasteiger partial charge is 0.497 e. The summed E-state index contributed by atoms with van der Waals surface area (Å²) < 4.78 is 5.09. The van der Waals surface area contributed by atoms with Gasteiger partial charge in [-0.25, -0.2) is 0 Å². The highest BCUT2D eigenvalue weighted by molar-refractivity contribution is 7.10. The van der Waals surface area contributed by atoms with Gasteiger partial charge >= 0.3 is 0 Å². The molecule has 0 radical (unpaired) electrons. The van der Waals surface area contributed by atoms with Crippen LogP contribution in [0.4, 0.5) is 0 Å². The van der Waals surface area contributed by atoms with Crippen molar-refractivity contribution in [1.82, 2.24) is 0 Å². The molecule has 2 aromatic rings. The number of methoxy groups -OCH3 is 1. The van der Waals surface area contributed by atoms with Crippen molar-refractivity contribution in [2.45, 2.75) is 6.92 Å². The van der Waals surface area contributed by atoms with Crippen LogP contribution < -0.4 is 4.74 Å². The van der Waals surface area contributed by atoms with Crippen molar-refractivity contribution in [2.75, 3.05) is 7.11 Å². The van der Waals surface area contributed by atoms with Crippen LogP contribution in [-0.4, -0.2) is 7.11 Å². The number of hydrogen-bond donors (Lipinski definition) is 0. The smallest absolute Gasteiger partial charge is 0.120 e. The van der Waals surface area contributed by atoms with Crippen LogP contribution in [-0.2, 0) is 0 Å². The highest BCUT2D eigenvalue weighted by Crippen LogP contribution is 2.20. The molecule has 0 saturated carbocycles. The van der Waals surface area contributed by atoms with Crippen LogP contribution in [0.2, 0.25) is 0 Å². The minimum Gasteiger partial charge on any atom is -0.497 e. The number of nitrogens with zero attached hydrogens (tertiary/aromatic N) is 1. The fraction of sp³-hybridized carbons (Fsp3) is 0.133. The summed E-state index contributed by atoms with van der Waals surface area (Å²) >= 11 is 1.43. The van der Waals surface area contributed by atoms with E-state index < -0.39 is 0 Å². The van der Waals surface area contributed by atoms with Gasteiger partial charge in [-0.05, 0) is 42.1 Å². The normalized spacial score (nSPS) is 9.17. The molecule has 0 spiro atoms. The standard InChI is InChI=1S/C15H11NOS/c1-11-10-18-15(9-16)14(11)8-5-12-3-6-13(17-2)7-4-12/h3-4,6-7,10H,1-2H3. The lowest BCUT2D eigenvalue weighted by molar-refractivity contribution is 0.415. The van der Waals surface area contributed by atoms with E-state index in [2.05, 4.69) is 17.9 Å².